The molecule has 0 saturated carbocycles. The molecule has 1 aromatic heterocycles. The lowest BCUT2D eigenvalue weighted by Gasteiger charge is -2.30. The number of piperidine rings is 1. The first-order valence-electron chi connectivity index (χ1n) is 6.60. The molecule has 106 valence electrons. The van der Waals surface area contributed by atoms with Crippen molar-refractivity contribution in [2.75, 3.05) is 25.4 Å². The fourth-order valence-corrected chi connectivity index (χ4v) is 3.91. The predicted molar refractivity (Wildman–Crippen MR) is 73.1 cm³/mol. The maximum Gasteiger partial charge on any atom is 0.214 e. The molecule has 0 amide bonds. The average molecular weight is 284 g/mol. The Bertz CT molecular complexity index is 490. The SMILES string of the molecule is O=S(=O)(CCc1ccccn1)N1CCCC(CO)C1. The number of rotatable bonds is 5. The van der Waals surface area contributed by atoms with Crippen LogP contribution in [0.25, 0.3) is 0 Å². The van der Waals surface area contributed by atoms with Gasteiger partial charge in [0.2, 0.25) is 10.0 Å². The summed E-state index contributed by atoms with van der Waals surface area (Å²) in [6, 6.07) is 5.51. The first-order chi connectivity index (χ1) is 9.12. The number of aromatic nitrogens is 1. The van der Waals surface area contributed by atoms with Crippen molar-refractivity contribution in [1.29, 1.82) is 0 Å². The molecule has 2 heterocycles. The van der Waals surface area contributed by atoms with Crippen LogP contribution in [0.1, 0.15) is 18.5 Å². The van der Waals surface area contributed by atoms with Crippen molar-refractivity contribution in [1.82, 2.24) is 9.29 Å². The zero-order valence-electron chi connectivity index (χ0n) is 10.9. The molecule has 5 nitrogen and oxygen atoms in total. The van der Waals surface area contributed by atoms with E-state index in [0.717, 1.165) is 18.5 Å². The first-order valence-corrected chi connectivity index (χ1v) is 8.21. The van der Waals surface area contributed by atoms with Crippen molar-refractivity contribution in [2.45, 2.75) is 19.3 Å². The van der Waals surface area contributed by atoms with Gasteiger partial charge in [0, 0.05) is 38.0 Å². The lowest BCUT2D eigenvalue weighted by Crippen LogP contribution is -2.42. The van der Waals surface area contributed by atoms with Gasteiger partial charge in [-0.1, -0.05) is 6.07 Å². The molecular weight excluding hydrogens is 264 g/mol. The van der Waals surface area contributed by atoms with E-state index in [4.69, 9.17) is 5.11 Å². The average Bonchev–Trinajstić information content (AvgIpc) is 2.46. The minimum absolute atomic E-state index is 0.0618. The summed E-state index contributed by atoms with van der Waals surface area (Å²) in [4.78, 5) is 4.14. The van der Waals surface area contributed by atoms with Gasteiger partial charge in [-0.15, -0.1) is 0 Å². The molecule has 0 aromatic carbocycles. The monoisotopic (exact) mass is 284 g/mol. The van der Waals surface area contributed by atoms with Crippen LogP contribution in [0.5, 0.6) is 0 Å². The quantitative estimate of drug-likeness (QED) is 0.862. The molecular formula is C13H20N2O3S. The van der Waals surface area contributed by atoms with E-state index in [-0.39, 0.29) is 18.3 Å². The van der Waals surface area contributed by atoms with Crippen LogP contribution in [-0.4, -0.2) is 48.3 Å². The number of hydrogen-bond acceptors (Lipinski definition) is 4. The molecule has 1 fully saturated rings. The summed E-state index contributed by atoms with van der Waals surface area (Å²) in [6.45, 7) is 1.08. The number of hydrogen-bond donors (Lipinski definition) is 1. The highest BCUT2D eigenvalue weighted by Gasteiger charge is 2.28. The highest BCUT2D eigenvalue weighted by atomic mass is 32.2. The number of aliphatic hydroxyl groups is 1. The Morgan fingerprint density at radius 1 is 1.42 bits per heavy atom. The van der Waals surface area contributed by atoms with Crippen molar-refractivity contribution in [2.24, 2.45) is 5.92 Å². The van der Waals surface area contributed by atoms with Crippen LogP contribution in [0.2, 0.25) is 0 Å². The molecule has 1 unspecified atom stereocenters. The smallest absolute Gasteiger partial charge is 0.214 e. The van der Waals surface area contributed by atoms with Crippen LogP contribution >= 0.6 is 0 Å². The molecule has 1 saturated heterocycles. The summed E-state index contributed by atoms with van der Waals surface area (Å²) in [6.07, 6.45) is 3.84. The van der Waals surface area contributed by atoms with Gasteiger partial charge >= 0.3 is 0 Å². The summed E-state index contributed by atoms with van der Waals surface area (Å²) >= 11 is 0. The topological polar surface area (TPSA) is 70.5 Å². The Morgan fingerprint density at radius 3 is 2.95 bits per heavy atom. The summed E-state index contributed by atoms with van der Waals surface area (Å²) in [5, 5.41) is 9.15. The normalized spacial score (nSPS) is 21.4. The lowest BCUT2D eigenvalue weighted by atomic mass is 10.0. The highest BCUT2D eigenvalue weighted by Crippen LogP contribution is 2.19. The van der Waals surface area contributed by atoms with Crippen LogP contribution in [-0.2, 0) is 16.4 Å². The molecule has 1 aliphatic rings. The molecule has 0 aliphatic carbocycles. The van der Waals surface area contributed by atoms with E-state index >= 15 is 0 Å². The van der Waals surface area contributed by atoms with E-state index in [1.807, 2.05) is 18.2 Å². The molecule has 6 heteroatoms. The van der Waals surface area contributed by atoms with Crippen LogP contribution in [0, 0.1) is 5.92 Å². The summed E-state index contributed by atoms with van der Waals surface area (Å²) in [5.74, 6) is 0.167. The predicted octanol–water partition coefficient (Wildman–Crippen LogP) is 0.658. The van der Waals surface area contributed by atoms with Gasteiger partial charge in [0.1, 0.15) is 0 Å². The Balaban J connectivity index is 1.94. The van der Waals surface area contributed by atoms with Crippen LogP contribution in [0.4, 0.5) is 0 Å². The Kier molecular flexibility index (Phi) is 4.90. The molecule has 1 aromatic rings. The molecule has 0 radical (unpaired) electrons. The van der Waals surface area contributed by atoms with Gasteiger partial charge < -0.3 is 5.11 Å². The molecule has 1 N–H and O–H groups in total. The third-order valence-electron chi connectivity index (χ3n) is 3.48. The molecule has 19 heavy (non-hydrogen) atoms. The summed E-state index contributed by atoms with van der Waals surface area (Å²) < 4.78 is 26.0. The van der Waals surface area contributed by atoms with E-state index in [9.17, 15) is 8.42 Å². The maximum atomic E-state index is 12.2. The van der Waals surface area contributed by atoms with Crippen molar-refractivity contribution in [3.05, 3.63) is 30.1 Å². The second-order valence-electron chi connectivity index (χ2n) is 4.94. The number of aryl methyl sites for hydroxylation is 1. The number of aliphatic hydroxyl groups excluding tert-OH is 1. The number of pyridine rings is 1. The zero-order chi connectivity index (χ0) is 13.7. The van der Waals surface area contributed by atoms with E-state index in [2.05, 4.69) is 4.98 Å². The molecule has 1 aliphatic heterocycles. The van der Waals surface area contributed by atoms with Crippen molar-refractivity contribution >= 4 is 10.0 Å². The van der Waals surface area contributed by atoms with Gasteiger partial charge in [-0.25, -0.2) is 12.7 Å². The number of sulfonamides is 1. The molecule has 2 rings (SSSR count). The number of nitrogens with zero attached hydrogens (tertiary/aromatic N) is 2. The molecule has 0 spiro atoms. The standard InChI is InChI=1S/C13H20N2O3S/c16-11-12-4-3-8-15(10-12)19(17,18)9-6-13-5-1-2-7-14-13/h1-2,5,7,12,16H,3-4,6,8-11H2. The Labute approximate surface area is 114 Å². The highest BCUT2D eigenvalue weighted by molar-refractivity contribution is 7.89. The molecule has 0 bridgehead atoms. The Morgan fingerprint density at radius 2 is 2.26 bits per heavy atom. The van der Waals surface area contributed by atoms with Gasteiger partial charge in [-0.3, -0.25) is 4.98 Å². The summed E-state index contributed by atoms with van der Waals surface area (Å²) in [7, 11) is -3.24. The van der Waals surface area contributed by atoms with Gasteiger partial charge in [-0.05, 0) is 30.9 Å². The van der Waals surface area contributed by atoms with Crippen molar-refractivity contribution < 1.29 is 13.5 Å². The third-order valence-corrected chi connectivity index (χ3v) is 5.31. The summed E-state index contributed by atoms with van der Waals surface area (Å²) in [5.41, 5.74) is 0.793. The first kappa shape index (κ1) is 14.4. The van der Waals surface area contributed by atoms with Gasteiger partial charge in [0.15, 0.2) is 0 Å². The minimum atomic E-state index is -3.24. The fraction of sp³-hybridized carbons (Fsp3) is 0.615. The van der Waals surface area contributed by atoms with Crippen LogP contribution in [0.15, 0.2) is 24.4 Å². The second-order valence-corrected chi connectivity index (χ2v) is 7.02. The third kappa shape index (κ3) is 3.99. The van der Waals surface area contributed by atoms with Gasteiger partial charge in [0.05, 0.1) is 5.75 Å². The second kappa shape index (κ2) is 6.45. The van der Waals surface area contributed by atoms with Gasteiger partial charge in [-0.2, -0.15) is 0 Å². The Hall–Kier alpha value is -0.980. The van der Waals surface area contributed by atoms with Crippen molar-refractivity contribution in [3.63, 3.8) is 0 Å². The van der Waals surface area contributed by atoms with E-state index in [1.165, 1.54) is 4.31 Å². The largest absolute Gasteiger partial charge is 0.396 e. The van der Waals surface area contributed by atoms with Gasteiger partial charge in [0.25, 0.3) is 0 Å². The minimum Gasteiger partial charge on any atom is -0.396 e. The zero-order valence-corrected chi connectivity index (χ0v) is 11.7. The van der Waals surface area contributed by atoms with E-state index in [0.29, 0.717) is 19.5 Å². The van der Waals surface area contributed by atoms with Crippen LogP contribution in [0.3, 0.4) is 0 Å². The maximum absolute atomic E-state index is 12.2. The van der Waals surface area contributed by atoms with Crippen molar-refractivity contribution in [3.8, 4) is 0 Å². The van der Waals surface area contributed by atoms with E-state index < -0.39 is 10.0 Å². The van der Waals surface area contributed by atoms with E-state index in [1.54, 1.807) is 6.20 Å². The molecule has 1 atom stereocenters. The lowest BCUT2D eigenvalue weighted by molar-refractivity contribution is 0.165. The van der Waals surface area contributed by atoms with Crippen LogP contribution < -0.4 is 0 Å². The fourth-order valence-electron chi connectivity index (χ4n) is 2.34.